The van der Waals surface area contributed by atoms with Gasteiger partial charge in [0.05, 0.1) is 5.56 Å². The van der Waals surface area contributed by atoms with Crippen LogP contribution in [0.25, 0.3) is 11.0 Å². The highest BCUT2D eigenvalue weighted by molar-refractivity contribution is 6.13. The topological polar surface area (TPSA) is 96.2 Å². The zero-order valence-corrected chi connectivity index (χ0v) is 15.2. The molecule has 0 unspecified atom stereocenters. The number of hydrogen-bond donors (Lipinski definition) is 1. The van der Waals surface area contributed by atoms with Gasteiger partial charge in [0.2, 0.25) is 11.7 Å². The number of aromatic hydroxyl groups is 1. The van der Waals surface area contributed by atoms with E-state index in [0.29, 0.717) is 11.1 Å². The first kappa shape index (κ1) is 17.5. The van der Waals surface area contributed by atoms with E-state index in [1.807, 2.05) is 32.0 Å². The van der Waals surface area contributed by atoms with Crippen LogP contribution in [-0.2, 0) is 7.05 Å². The second kappa shape index (κ2) is 5.88. The molecule has 3 rings (SSSR count). The van der Waals surface area contributed by atoms with Gasteiger partial charge in [0.25, 0.3) is 5.56 Å². The van der Waals surface area contributed by atoms with Crippen molar-refractivity contribution in [3.05, 3.63) is 61.6 Å². The van der Waals surface area contributed by atoms with Gasteiger partial charge in [-0.1, -0.05) is 12.1 Å². The molecular formula is C20H18N2O4. The number of ketones is 1. The molecule has 1 aromatic carbocycles. The van der Waals surface area contributed by atoms with Crippen LogP contribution in [0.2, 0.25) is 0 Å². The van der Waals surface area contributed by atoms with Crippen LogP contribution < -0.4 is 5.56 Å². The second-order valence-corrected chi connectivity index (χ2v) is 6.44. The molecule has 6 nitrogen and oxygen atoms in total. The molecule has 0 fully saturated rings. The molecule has 26 heavy (non-hydrogen) atoms. The summed E-state index contributed by atoms with van der Waals surface area (Å²) in [6.45, 7) is 7.11. The molecule has 0 atom stereocenters. The van der Waals surface area contributed by atoms with Crippen molar-refractivity contribution < 1.29 is 14.3 Å². The molecule has 0 aliphatic heterocycles. The number of carbonyl (C=O) groups excluding carboxylic acids is 1. The van der Waals surface area contributed by atoms with Crippen molar-refractivity contribution >= 4 is 16.8 Å². The lowest BCUT2D eigenvalue weighted by molar-refractivity contribution is 0.101. The molecular weight excluding hydrogens is 332 g/mol. The third-order valence-electron chi connectivity index (χ3n) is 4.98. The van der Waals surface area contributed by atoms with E-state index in [-0.39, 0.29) is 22.5 Å². The Morgan fingerprint density at radius 3 is 2.42 bits per heavy atom. The maximum atomic E-state index is 13.1. The Morgan fingerprint density at radius 2 is 1.81 bits per heavy atom. The maximum absolute atomic E-state index is 13.1. The third kappa shape index (κ3) is 2.25. The molecule has 0 saturated heterocycles. The molecule has 1 N–H and O–H groups in total. The summed E-state index contributed by atoms with van der Waals surface area (Å²) in [7, 11) is 1.31. The van der Waals surface area contributed by atoms with Gasteiger partial charge in [-0.2, -0.15) is 5.26 Å². The Balaban J connectivity index is 2.33. The van der Waals surface area contributed by atoms with Crippen LogP contribution in [0.1, 0.15) is 43.9 Å². The van der Waals surface area contributed by atoms with E-state index in [2.05, 4.69) is 0 Å². The van der Waals surface area contributed by atoms with Crippen LogP contribution in [0.4, 0.5) is 0 Å². The number of fused-ring (bicyclic) bond motifs is 1. The predicted molar refractivity (Wildman–Crippen MR) is 96.7 cm³/mol. The van der Waals surface area contributed by atoms with Gasteiger partial charge in [-0.15, -0.1) is 0 Å². The minimum atomic E-state index is -0.646. The summed E-state index contributed by atoms with van der Waals surface area (Å²) in [6.07, 6.45) is 0. The zero-order chi connectivity index (χ0) is 19.3. The van der Waals surface area contributed by atoms with Crippen LogP contribution >= 0.6 is 0 Å². The molecule has 0 radical (unpaired) electrons. The van der Waals surface area contributed by atoms with Gasteiger partial charge in [0.15, 0.2) is 5.76 Å². The minimum Gasteiger partial charge on any atom is -0.494 e. The molecule has 0 amide bonds. The average Bonchev–Trinajstić information content (AvgIpc) is 2.94. The first-order chi connectivity index (χ1) is 12.2. The SMILES string of the molecule is Cc1ccc2c(C)c(C(=O)c3c(C)c(C#N)c(=O)n(C)c3O)oc2c1C. The van der Waals surface area contributed by atoms with Gasteiger partial charge in [-0.05, 0) is 44.4 Å². The number of nitrogens with zero attached hydrogens (tertiary/aromatic N) is 2. The van der Waals surface area contributed by atoms with Crippen molar-refractivity contribution in [2.75, 3.05) is 0 Å². The lowest BCUT2D eigenvalue weighted by Crippen LogP contribution is -2.24. The Hall–Kier alpha value is -3.33. The van der Waals surface area contributed by atoms with Crippen LogP contribution in [-0.4, -0.2) is 15.5 Å². The van der Waals surface area contributed by atoms with Gasteiger partial charge >= 0.3 is 0 Å². The quantitative estimate of drug-likeness (QED) is 0.716. The van der Waals surface area contributed by atoms with Crippen molar-refractivity contribution in [2.45, 2.75) is 27.7 Å². The standard InChI is InChI=1S/C20H18N2O4/c1-9-6-7-13-12(4)18(26-17(13)10(9)2)16(23)15-11(3)14(8-21)19(24)22(5)20(15)25/h6-7,25H,1-5H3. The Kier molecular flexibility index (Phi) is 3.96. The van der Waals surface area contributed by atoms with E-state index in [0.717, 1.165) is 21.1 Å². The highest BCUT2D eigenvalue weighted by atomic mass is 16.3. The predicted octanol–water partition coefficient (Wildman–Crippen LogP) is 3.17. The molecule has 0 spiro atoms. The molecule has 132 valence electrons. The summed E-state index contributed by atoms with van der Waals surface area (Å²) in [4.78, 5) is 25.2. The number of aromatic nitrogens is 1. The second-order valence-electron chi connectivity index (χ2n) is 6.44. The molecule has 2 heterocycles. The van der Waals surface area contributed by atoms with E-state index in [9.17, 15) is 20.0 Å². The normalized spacial score (nSPS) is 10.9. The summed E-state index contributed by atoms with van der Waals surface area (Å²) in [5, 5.41) is 20.4. The minimum absolute atomic E-state index is 0.0923. The molecule has 2 aromatic heterocycles. The van der Waals surface area contributed by atoms with Crippen molar-refractivity contribution in [3.8, 4) is 11.9 Å². The third-order valence-corrected chi connectivity index (χ3v) is 4.98. The van der Waals surface area contributed by atoms with Gasteiger partial charge in [0, 0.05) is 18.0 Å². The van der Waals surface area contributed by atoms with Crippen molar-refractivity contribution in [1.29, 1.82) is 5.26 Å². The fourth-order valence-electron chi connectivity index (χ4n) is 3.14. The van der Waals surface area contributed by atoms with Crippen LogP contribution in [0.5, 0.6) is 5.88 Å². The lowest BCUT2D eigenvalue weighted by atomic mass is 9.98. The highest BCUT2D eigenvalue weighted by Crippen LogP contribution is 2.33. The molecule has 0 aliphatic carbocycles. The van der Waals surface area contributed by atoms with E-state index >= 15 is 0 Å². The Morgan fingerprint density at radius 1 is 1.15 bits per heavy atom. The smallest absolute Gasteiger partial charge is 0.271 e. The number of pyridine rings is 1. The molecule has 6 heteroatoms. The first-order valence-corrected chi connectivity index (χ1v) is 8.07. The van der Waals surface area contributed by atoms with Gasteiger partial charge in [-0.3, -0.25) is 14.2 Å². The van der Waals surface area contributed by atoms with Gasteiger partial charge in [0.1, 0.15) is 17.2 Å². The van der Waals surface area contributed by atoms with Crippen LogP contribution in [0.15, 0.2) is 21.3 Å². The number of hydrogen-bond acceptors (Lipinski definition) is 5. The number of carbonyl (C=O) groups is 1. The van der Waals surface area contributed by atoms with Crippen molar-refractivity contribution in [1.82, 2.24) is 4.57 Å². The fourth-order valence-corrected chi connectivity index (χ4v) is 3.14. The first-order valence-electron chi connectivity index (χ1n) is 8.07. The highest BCUT2D eigenvalue weighted by Gasteiger charge is 2.28. The summed E-state index contributed by atoms with van der Waals surface area (Å²) in [5.74, 6) is -0.947. The fraction of sp³-hybridized carbons (Fsp3) is 0.250. The van der Waals surface area contributed by atoms with E-state index in [1.54, 1.807) is 6.92 Å². The van der Waals surface area contributed by atoms with Crippen LogP contribution in [0.3, 0.4) is 0 Å². The number of benzene rings is 1. The summed E-state index contributed by atoms with van der Waals surface area (Å²) in [6, 6.07) is 5.65. The number of aryl methyl sites for hydroxylation is 3. The van der Waals surface area contributed by atoms with Gasteiger partial charge in [-0.25, -0.2) is 0 Å². The van der Waals surface area contributed by atoms with Crippen LogP contribution in [0, 0.1) is 39.0 Å². The van der Waals surface area contributed by atoms with E-state index in [4.69, 9.17) is 4.42 Å². The molecule has 0 saturated carbocycles. The van der Waals surface area contributed by atoms with Crippen molar-refractivity contribution in [2.24, 2.45) is 7.05 Å². The van der Waals surface area contributed by atoms with E-state index < -0.39 is 17.2 Å². The van der Waals surface area contributed by atoms with Crippen molar-refractivity contribution in [3.63, 3.8) is 0 Å². The maximum Gasteiger partial charge on any atom is 0.271 e. The Labute approximate surface area is 149 Å². The van der Waals surface area contributed by atoms with E-state index in [1.165, 1.54) is 14.0 Å². The molecule has 0 aliphatic rings. The Bertz CT molecular complexity index is 1190. The molecule has 3 aromatic rings. The zero-order valence-electron chi connectivity index (χ0n) is 15.2. The molecule has 0 bridgehead atoms. The van der Waals surface area contributed by atoms with Gasteiger partial charge < -0.3 is 9.52 Å². The number of furan rings is 1. The summed E-state index contributed by atoms with van der Waals surface area (Å²) in [5.41, 5.74) is 2.47. The lowest BCUT2D eigenvalue weighted by Gasteiger charge is -2.11. The monoisotopic (exact) mass is 350 g/mol. The largest absolute Gasteiger partial charge is 0.494 e. The summed E-state index contributed by atoms with van der Waals surface area (Å²) < 4.78 is 6.74. The summed E-state index contributed by atoms with van der Waals surface area (Å²) >= 11 is 0. The number of rotatable bonds is 2. The number of nitriles is 1. The average molecular weight is 350 g/mol.